The summed E-state index contributed by atoms with van der Waals surface area (Å²) in [7, 11) is 0. The summed E-state index contributed by atoms with van der Waals surface area (Å²) in [6.07, 6.45) is -3.41. The molecule has 90 valence electrons. The fraction of sp³-hybridized carbons (Fsp3) is 0.100. The van der Waals surface area contributed by atoms with Crippen molar-refractivity contribution in [2.24, 2.45) is 0 Å². The predicted molar refractivity (Wildman–Crippen MR) is 53.0 cm³/mol. The SMILES string of the molecule is Nc1nc(-c2cc(C(F)(F)F)ccc2O)co1. The van der Waals surface area contributed by atoms with Crippen molar-refractivity contribution in [2.45, 2.75) is 6.18 Å². The fourth-order valence-electron chi connectivity index (χ4n) is 1.33. The summed E-state index contributed by atoms with van der Waals surface area (Å²) in [5.41, 5.74) is 4.29. The van der Waals surface area contributed by atoms with E-state index in [0.717, 1.165) is 24.5 Å². The molecule has 0 radical (unpaired) electrons. The highest BCUT2D eigenvalue weighted by Gasteiger charge is 2.31. The summed E-state index contributed by atoms with van der Waals surface area (Å²) in [5.74, 6) is -0.327. The number of phenolic OH excluding ortho intramolecular Hbond substituents is 1. The van der Waals surface area contributed by atoms with Crippen LogP contribution in [0.5, 0.6) is 5.75 Å². The topological polar surface area (TPSA) is 72.3 Å². The fourth-order valence-corrected chi connectivity index (χ4v) is 1.33. The molecule has 1 aromatic carbocycles. The van der Waals surface area contributed by atoms with Crippen LogP contribution in [0.15, 0.2) is 28.9 Å². The van der Waals surface area contributed by atoms with Gasteiger partial charge in [0.25, 0.3) is 6.01 Å². The summed E-state index contributed by atoms with van der Waals surface area (Å²) in [5, 5.41) is 9.47. The summed E-state index contributed by atoms with van der Waals surface area (Å²) in [6.45, 7) is 0. The maximum atomic E-state index is 12.5. The molecule has 0 unspecified atom stereocenters. The quantitative estimate of drug-likeness (QED) is 0.808. The lowest BCUT2D eigenvalue weighted by Gasteiger charge is -2.08. The molecular formula is C10H7F3N2O2. The van der Waals surface area contributed by atoms with Gasteiger partial charge >= 0.3 is 6.18 Å². The highest BCUT2D eigenvalue weighted by molar-refractivity contribution is 5.67. The zero-order chi connectivity index (χ0) is 12.6. The van der Waals surface area contributed by atoms with Crippen molar-refractivity contribution in [3.05, 3.63) is 30.0 Å². The van der Waals surface area contributed by atoms with E-state index in [0.29, 0.717) is 0 Å². The van der Waals surface area contributed by atoms with Crippen molar-refractivity contribution >= 4 is 6.01 Å². The van der Waals surface area contributed by atoms with Crippen LogP contribution in [0, 0.1) is 0 Å². The van der Waals surface area contributed by atoms with Gasteiger partial charge in [-0.25, -0.2) is 0 Å². The van der Waals surface area contributed by atoms with Crippen molar-refractivity contribution in [3.63, 3.8) is 0 Å². The lowest BCUT2D eigenvalue weighted by atomic mass is 10.1. The molecular weight excluding hydrogens is 237 g/mol. The molecule has 0 fully saturated rings. The number of aromatic hydroxyl groups is 1. The van der Waals surface area contributed by atoms with Crippen molar-refractivity contribution in [3.8, 4) is 17.0 Å². The molecule has 2 aromatic rings. The largest absolute Gasteiger partial charge is 0.507 e. The van der Waals surface area contributed by atoms with Crippen LogP contribution in [-0.2, 0) is 6.18 Å². The minimum absolute atomic E-state index is 0.0473. The first-order valence-electron chi connectivity index (χ1n) is 4.49. The van der Waals surface area contributed by atoms with Gasteiger partial charge in [0.1, 0.15) is 17.7 Å². The average Bonchev–Trinajstić information content (AvgIpc) is 2.63. The highest BCUT2D eigenvalue weighted by Crippen LogP contribution is 2.36. The maximum Gasteiger partial charge on any atom is 0.416 e. The van der Waals surface area contributed by atoms with E-state index in [1.165, 1.54) is 0 Å². The second kappa shape index (κ2) is 3.69. The molecule has 0 spiro atoms. The van der Waals surface area contributed by atoms with Crippen LogP contribution in [0.1, 0.15) is 5.56 Å². The van der Waals surface area contributed by atoms with Crippen LogP contribution >= 0.6 is 0 Å². The number of rotatable bonds is 1. The molecule has 0 saturated carbocycles. The number of halogens is 3. The molecule has 1 heterocycles. The van der Waals surface area contributed by atoms with Gasteiger partial charge < -0.3 is 15.3 Å². The maximum absolute atomic E-state index is 12.5. The van der Waals surface area contributed by atoms with E-state index in [9.17, 15) is 18.3 Å². The van der Waals surface area contributed by atoms with Crippen molar-refractivity contribution in [2.75, 3.05) is 5.73 Å². The van der Waals surface area contributed by atoms with Crippen molar-refractivity contribution in [1.29, 1.82) is 0 Å². The molecule has 0 aliphatic rings. The first kappa shape index (κ1) is 11.3. The summed E-state index contributed by atoms with van der Waals surface area (Å²) < 4.78 is 42.1. The standard InChI is InChI=1S/C10H7F3N2O2/c11-10(12,13)5-1-2-8(16)6(3-5)7-4-17-9(14)15-7/h1-4,16H,(H2,14,15). The number of hydrogen-bond acceptors (Lipinski definition) is 4. The van der Waals surface area contributed by atoms with E-state index in [1.54, 1.807) is 0 Å². The smallest absolute Gasteiger partial charge is 0.416 e. The van der Waals surface area contributed by atoms with E-state index < -0.39 is 11.7 Å². The predicted octanol–water partition coefficient (Wildman–Crippen LogP) is 2.65. The monoisotopic (exact) mass is 244 g/mol. The number of nitrogens with two attached hydrogens (primary N) is 1. The minimum atomic E-state index is -4.49. The van der Waals surface area contributed by atoms with Crippen LogP contribution in [0.4, 0.5) is 19.2 Å². The molecule has 17 heavy (non-hydrogen) atoms. The van der Waals surface area contributed by atoms with Gasteiger partial charge in [0.2, 0.25) is 0 Å². The van der Waals surface area contributed by atoms with E-state index in [4.69, 9.17) is 5.73 Å². The first-order valence-corrected chi connectivity index (χ1v) is 4.49. The Bertz CT molecular complexity index is 549. The Morgan fingerprint density at radius 1 is 1.29 bits per heavy atom. The van der Waals surface area contributed by atoms with Gasteiger partial charge in [0.05, 0.1) is 5.56 Å². The van der Waals surface area contributed by atoms with Gasteiger partial charge in [0.15, 0.2) is 0 Å². The Morgan fingerprint density at radius 3 is 2.53 bits per heavy atom. The molecule has 4 nitrogen and oxygen atoms in total. The third-order valence-electron chi connectivity index (χ3n) is 2.12. The number of benzene rings is 1. The Balaban J connectivity index is 2.54. The number of oxazole rings is 1. The Hall–Kier alpha value is -2.18. The highest BCUT2D eigenvalue weighted by atomic mass is 19.4. The molecule has 0 aliphatic heterocycles. The molecule has 0 bridgehead atoms. The number of anilines is 1. The lowest BCUT2D eigenvalue weighted by Crippen LogP contribution is -2.04. The van der Waals surface area contributed by atoms with Gasteiger partial charge in [-0.2, -0.15) is 18.2 Å². The number of hydrogen-bond donors (Lipinski definition) is 2. The van der Waals surface area contributed by atoms with Crippen LogP contribution in [-0.4, -0.2) is 10.1 Å². The normalized spacial score (nSPS) is 11.7. The molecule has 1 aromatic heterocycles. The molecule has 0 amide bonds. The van der Waals surface area contributed by atoms with Crippen LogP contribution in [0.25, 0.3) is 11.3 Å². The second-order valence-corrected chi connectivity index (χ2v) is 3.30. The number of phenols is 1. The number of nitrogen functional groups attached to an aromatic ring is 1. The number of aromatic nitrogens is 1. The number of nitrogens with zero attached hydrogens (tertiary/aromatic N) is 1. The minimum Gasteiger partial charge on any atom is -0.507 e. The Kier molecular flexibility index (Phi) is 2.45. The third-order valence-corrected chi connectivity index (χ3v) is 2.12. The second-order valence-electron chi connectivity index (χ2n) is 3.30. The van der Waals surface area contributed by atoms with Crippen molar-refractivity contribution in [1.82, 2.24) is 4.98 Å². The van der Waals surface area contributed by atoms with Gasteiger partial charge in [-0.1, -0.05) is 0 Å². The van der Waals surface area contributed by atoms with Crippen LogP contribution in [0.2, 0.25) is 0 Å². The molecule has 0 aliphatic carbocycles. The molecule has 0 atom stereocenters. The van der Waals surface area contributed by atoms with Crippen LogP contribution < -0.4 is 5.73 Å². The Morgan fingerprint density at radius 2 is 2.00 bits per heavy atom. The van der Waals surface area contributed by atoms with Gasteiger partial charge in [-0.3, -0.25) is 0 Å². The summed E-state index contributed by atoms with van der Waals surface area (Å²) >= 11 is 0. The zero-order valence-electron chi connectivity index (χ0n) is 8.32. The molecule has 3 N–H and O–H groups in total. The van der Waals surface area contributed by atoms with E-state index in [1.807, 2.05) is 0 Å². The Labute approximate surface area is 93.5 Å². The van der Waals surface area contributed by atoms with Gasteiger partial charge in [0, 0.05) is 5.56 Å². The van der Waals surface area contributed by atoms with Crippen molar-refractivity contribution < 1.29 is 22.7 Å². The third kappa shape index (κ3) is 2.17. The average molecular weight is 244 g/mol. The molecule has 7 heteroatoms. The molecule has 0 saturated heterocycles. The molecule has 2 rings (SSSR count). The van der Waals surface area contributed by atoms with E-state index in [-0.39, 0.29) is 23.0 Å². The van der Waals surface area contributed by atoms with Gasteiger partial charge in [-0.05, 0) is 18.2 Å². The summed E-state index contributed by atoms with van der Waals surface area (Å²) in [6, 6.07) is 2.33. The summed E-state index contributed by atoms with van der Waals surface area (Å²) in [4.78, 5) is 3.65. The van der Waals surface area contributed by atoms with E-state index >= 15 is 0 Å². The number of alkyl halides is 3. The zero-order valence-corrected chi connectivity index (χ0v) is 8.32. The van der Waals surface area contributed by atoms with Crippen LogP contribution in [0.3, 0.4) is 0 Å². The lowest BCUT2D eigenvalue weighted by molar-refractivity contribution is -0.137. The first-order chi connectivity index (χ1) is 7.88. The van der Waals surface area contributed by atoms with Gasteiger partial charge in [-0.15, -0.1) is 0 Å². The van der Waals surface area contributed by atoms with E-state index in [2.05, 4.69) is 9.40 Å².